The fourth-order valence-corrected chi connectivity index (χ4v) is 3.90. The molecule has 0 aliphatic carbocycles. The summed E-state index contributed by atoms with van der Waals surface area (Å²) in [6.45, 7) is 0. The highest BCUT2D eigenvalue weighted by molar-refractivity contribution is 6.51. The first-order valence-corrected chi connectivity index (χ1v) is 10.0. The van der Waals surface area contributed by atoms with Gasteiger partial charge in [0.2, 0.25) is 0 Å². The average molecular weight is 451 g/mol. The van der Waals surface area contributed by atoms with E-state index in [2.05, 4.69) is 4.98 Å². The van der Waals surface area contributed by atoms with E-state index < -0.39 is 17.7 Å². The number of aliphatic hydroxyl groups excluding tert-OH is 1. The molecule has 32 heavy (non-hydrogen) atoms. The van der Waals surface area contributed by atoms with E-state index in [9.17, 15) is 14.7 Å². The van der Waals surface area contributed by atoms with Crippen LogP contribution in [0.4, 0.5) is 5.69 Å². The third-order valence-corrected chi connectivity index (χ3v) is 5.43. The summed E-state index contributed by atoms with van der Waals surface area (Å²) in [5, 5.41) is 11.7. The Hall–Kier alpha value is -3.84. The predicted octanol–water partition coefficient (Wildman–Crippen LogP) is 4.38. The molecule has 1 amide bonds. The second-order valence-electron chi connectivity index (χ2n) is 7.00. The standard InChI is InChI=1S/C24H19ClN2O5/c1-31-17-8-9-18(19(12-17)32-2)22(28)20-21(14-5-4-10-26-13-14)27(24(30)23(20)29)16-7-3-6-15(25)11-16/h3-13,21,28H,1-2H3/b22-20-. The molecule has 1 N–H and O–H groups in total. The van der Waals surface area contributed by atoms with Gasteiger partial charge in [-0.25, -0.2) is 0 Å². The summed E-state index contributed by atoms with van der Waals surface area (Å²) < 4.78 is 10.6. The van der Waals surface area contributed by atoms with Gasteiger partial charge in [-0.05, 0) is 42.0 Å². The van der Waals surface area contributed by atoms with Gasteiger partial charge >= 0.3 is 0 Å². The summed E-state index contributed by atoms with van der Waals surface area (Å²) in [4.78, 5) is 31.7. The molecular weight excluding hydrogens is 432 g/mol. The normalized spacial score (nSPS) is 17.5. The van der Waals surface area contributed by atoms with Gasteiger partial charge in [0, 0.05) is 29.2 Å². The minimum Gasteiger partial charge on any atom is -0.507 e. The number of amides is 1. The molecule has 0 bridgehead atoms. The molecule has 1 unspecified atom stereocenters. The fraction of sp³-hybridized carbons (Fsp3) is 0.125. The number of anilines is 1. The largest absolute Gasteiger partial charge is 0.507 e. The number of pyridine rings is 1. The lowest BCUT2D eigenvalue weighted by Crippen LogP contribution is -2.29. The number of rotatable bonds is 5. The molecule has 1 aliphatic heterocycles. The zero-order chi connectivity index (χ0) is 22.8. The van der Waals surface area contributed by atoms with Gasteiger partial charge in [0.25, 0.3) is 11.7 Å². The minimum atomic E-state index is -0.908. The van der Waals surface area contributed by atoms with Crippen molar-refractivity contribution >= 4 is 34.7 Å². The van der Waals surface area contributed by atoms with Gasteiger partial charge in [-0.1, -0.05) is 23.7 Å². The van der Waals surface area contributed by atoms with Crippen LogP contribution < -0.4 is 14.4 Å². The molecule has 1 aliphatic rings. The zero-order valence-electron chi connectivity index (χ0n) is 17.3. The predicted molar refractivity (Wildman–Crippen MR) is 120 cm³/mol. The number of hydrogen-bond donors (Lipinski definition) is 1. The van der Waals surface area contributed by atoms with Gasteiger partial charge < -0.3 is 14.6 Å². The Bertz CT molecular complexity index is 1230. The van der Waals surface area contributed by atoms with Gasteiger partial charge in [-0.2, -0.15) is 0 Å². The number of ketones is 1. The third-order valence-electron chi connectivity index (χ3n) is 5.19. The minimum absolute atomic E-state index is 0.0774. The van der Waals surface area contributed by atoms with Gasteiger partial charge in [-0.3, -0.25) is 19.5 Å². The summed E-state index contributed by atoms with van der Waals surface area (Å²) >= 11 is 6.14. The van der Waals surface area contributed by atoms with Crippen LogP contribution in [0.2, 0.25) is 5.02 Å². The Morgan fingerprint density at radius 1 is 1.06 bits per heavy atom. The van der Waals surface area contributed by atoms with Crippen LogP contribution in [0, 0.1) is 0 Å². The molecule has 3 aromatic rings. The van der Waals surface area contributed by atoms with Crippen LogP contribution in [-0.4, -0.2) is 36.0 Å². The van der Waals surface area contributed by atoms with E-state index in [0.717, 1.165) is 0 Å². The molecule has 7 nitrogen and oxygen atoms in total. The van der Waals surface area contributed by atoms with E-state index in [-0.39, 0.29) is 16.9 Å². The molecule has 8 heteroatoms. The Labute approximate surface area is 189 Å². The summed E-state index contributed by atoms with van der Waals surface area (Å²) in [6.07, 6.45) is 3.13. The second kappa shape index (κ2) is 8.72. The number of aliphatic hydroxyl groups is 1. The van der Waals surface area contributed by atoms with Crippen molar-refractivity contribution < 1.29 is 24.2 Å². The summed E-state index contributed by atoms with van der Waals surface area (Å²) in [5.74, 6) is -1.16. The lowest BCUT2D eigenvalue weighted by molar-refractivity contribution is -0.132. The Morgan fingerprint density at radius 2 is 1.88 bits per heavy atom. The van der Waals surface area contributed by atoms with Crippen molar-refractivity contribution in [1.82, 2.24) is 4.98 Å². The highest BCUT2D eigenvalue weighted by Crippen LogP contribution is 2.43. The fourth-order valence-electron chi connectivity index (χ4n) is 3.72. The average Bonchev–Trinajstić information content (AvgIpc) is 3.09. The van der Waals surface area contributed by atoms with Crippen molar-refractivity contribution in [2.24, 2.45) is 0 Å². The number of carbonyl (C=O) groups excluding carboxylic acids is 2. The van der Waals surface area contributed by atoms with Crippen LogP contribution in [0.1, 0.15) is 17.2 Å². The van der Waals surface area contributed by atoms with E-state index in [1.165, 1.54) is 19.1 Å². The summed E-state index contributed by atoms with van der Waals surface area (Å²) in [7, 11) is 2.95. The first-order chi connectivity index (χ1) is 15.5. The molecule has 2 aromatic carbocycles. The molecule has 1 saturated heterocycles. The van der Waals surface area contributed by atoms with Crippen LogP contribution in [0.25, 0.3) is 5.76 Å². The van der Waals surface area contributed by atoms with Gasteiger partial charge in [0.15, 0.2) is 0 Å². The van der Waals surface area contributed by atoms with Crippen LogP contribution >= 0.6 is 11.6 Å². The van der Waals surface area contributed by atoms with E-state index in [1.54, 1.807) is 67.0 Å². The van der Waals surface area contributed by atoms with E-state index in [0.29, 0.717) is 27.8 Å². The van der Waals surface area contributed by atoms with Crippen LogP contribution in [0.5, 0.6) is 11.5 Å². The number of aromatic nitrogens is 1. The van der Waals surface area contributed by atoms with Crippen molar-refractivity contribution in [1.29, 1.82) is 0 Å². The topological polar surface area (TPSA) is 89.0 Å². The molecule has 4 rings (SSSR count). The first kappa shape index (κ1) is 21.4. The maximum absolute atomic E-state index is 13.2. The highest BCUT2D eigenvalue weighted by atomic mass is 35.5. The number of benzene rings is 2. The monoisotopic (exact) mass is 450 g/mol. The molecule has 0 radical (unpaired) electrons. The maximum atomic E-state index is 13.2. The number of nitrogens with zero attached hydrogens (tertiary/aromatic N) is 2. The van der Waals surface area contributed by atoms with Crippen LogP contribution in [0.15, 0.2) is 72.6 Å². The molecule has 162 valence electrons. The molecule has 1 aromatic heterocycles. The Balaban J connectivity index is 1.96. The van der Waals surface area contributed by atoms with E-state index in [1.807, 2.05) is 0 Å². The first-order valence-electron chi connectivity index (χ1n) is 9.65. The number of carbonyl (C=O) groups is 2. The highest BCUT2D eigenvalue weighted by Gasteiger charge is 2.47. The molecule has 0 saturated carbocycles. The molecular formula is C24H19ClN2O5. The number of halogens is 1. The molecule has 1 atom stereocenters. The number of hydrogen-bond acceptors (Lipinski definition) is 6. The van der Waals surface area contributed by atoms with Crippen molar-refractivity contribution in [3.05, 3.63) is 88.7 Å². The molecule has 2 heterocycles. The van der Waals surface area contributed by atoms with Gasteiger partial charge in [0.1, 0.15) is 17.3 Å². The zero-order valence-corrected chi connectivity index (χ0v) is 18.0. The van der Waals surface area contributed by atoms with Crippen LogP contribution in [0.3, 0.4) is 0 Å². The second-order valence-corrected chi connectivity index (χ2v) is 7.44. The number of methoxy groups -OCH3 is 2. The van der Waals surface area contributed by atoms with Gasteiger partial charge in [-0.15, -0.1) is 0 Å². The Morgan fingerprint density at radius 3 is 2.53 bits per heavy atom. The molecule has 1 fully saturated rings. The smallest absolute Gasteiger partial charge is 0.300 e. The summed E-state index contributed by atoms with van der Waals surface area (Å²) in [5.41, 5.74) is 1.16. The summed E-state index contributed by atoms with van der Waals surface area (Å²) in [6, 6.07) is 13.9. The Kier molecular flexibility index (Phi) is 5.83. The number of ether oxygens (including phenoxy) is 2. The van der Waals surface area contributed by atoms with E-state index in [4.69, 9.17) is 21.1 Å². The van der Waals surface area contributed by atoms with E-state index >= 15 is 0 Å². The van der Waals surface area contributed by atoms with Crippen molar-refractivity contribution in [3.63, 3.8) is 0 Å². The van der Waals surface area contributed by atoms with Crippen molar-refractivity contribution in [2.75, 3.05) is 19.1 Å². The van der Waals surface area contributed by atoms with Crippen molar-refractivity contribution in [2.45, 2.75) is 6.04 Å². The van der Waals surface area contributed by atoms with Gasteiger partial charge in [0.05, 0.1) is 31.4 Å². The van der Waals surface area contributed by atoms with Crippen molar-refractivity contribution in [3.8, 4) is 11.5 Å². The quantitative estimate of drug-likeness (QED) is 0.352. The number of Topliss-reactive ketones (excluding diaryl/α,β-unsaturated/α-hetero) is 1. The molecule has 0 spiro atoms. The lowest BCUT2D eigenvalue weighted by Gasteiger charge is -2.25. The third kappa shape index (κ3) is 3.67. The lowest BCUT2D eigenvalue weighted by atomic mass is 9.95. The SMILES string of the molecule is COc1ccc(/C(O)=C2/C(=O)C(=O)N(c3cccc(Cl)c3)C2c2cccnc2)c(OC)c1. The maximum Gasteiger partial charge on any atom is 0.300 e. The van der Waals surface area contributed by atoms with Crippen LogP contribution in [-0.2, 0) is 9.59 Å².